The number of carbonyl (C=O) groups excluding carboxylic acids is 1. The molecule has 0 fully saturated rings. The zero-order chi connectivity index (χ0) is 14.6. The van der Waals surface area contributed by atoms with Crippen LogP contribution < -0.4 is 5.32 Å². The van der Waals surface area contributed by atoms with Gasteiger partial charge in [0, 0.05) is 12.6 Å². The largest absolute Gasteiger partial charge is 0.480 e. The molecule has 0 bridgehead atoms. The summed E-state index contributed by atoms with van der Waals surface area (Å²) >= 11 is 0. The zero-order valence-electron chi connectivity index (χ0n) is 11.1. The Morgan fingerprint density at radius 1 is 1.53 bits per heavy atom. The Bertz CT molecular complexity index is 455. The van der Waals surface area contributed by atoms with E-state index in [0.717, 1.165) is 5.56 Å². The number of urea groups is 1. The van der Waals surface area contributed by atoms with Crippen LogP contribution in [0.3, 0.4) is 0 Å². The molecule has 7 heteroatoms. The van der Waals surface area contributed by atoms with E-state index in [1.54, 1.807) is 13.0 Å². The molecule has 0 aliphatic carbocycles. The van der Waals surface area contributed by atoms with Crippen LogP contribution in [0.4, 0.5) is 4.79 Å². The monoisotopic (exact) mass is 270 g/mol. The molecule has 0 spiro atoms. The highest BCUT2D eigenvalue weighted by Crippen LogP contribution is 2.11. The summed E-state index contributed by atoms with van der Waals surface area (Å²) in [5.74, 6) is -0.582. The van der Waals surface area contributed by atoms with Gasteiger partial charge in [-0.25, -0.2) is 9.59 Å². The number of nitrogens with zero attached hydrogens (tertiary/aromatic N) is 1. The number of furan rings is 1. The van der Waals surface area contributed by atoms with E-state index in [1.165, 1.54) is 25.1 Å². The molecule has 1 aromatic heterocycles. The van der Waals surface area contributed by atoms with Gasteiger partial charge in [-0.3, -0.25) is 0 Å². The van der Waals surface area contributed by atoms with Crippen molar-refractivity contribution in [1.82, 2.24) is 10.2 Å². The van der Waals surface area contributed by atoms with Gasteiger partial charge in [0.2, 0.25) is 0 Å². The molecule has 1 aromatic rings. The molecule has 0 radical (unpaired) electrons. The van der Waals surface area contributed by atoms with E-state index in [-0.39, 0.29) is 0 Å². The molecular weight excluding hydrogens is 252 g/mol. The lowest BCUT2D eigenvalue weighted by atomic mass is 10.2. The molecule has 0 aromatic carbocycles. The minimum atomic E-state index is -1.33. The van der Waals surface area contributed by atoms with Crippen LogP contribution in [-0.2, 0) is 11.3 Å². The van der Waals surface area contributed by atoms with E-state index in [0.29, 0.717) is 12.3 Å². The molecule has 2 atom stereocenters. The average molecular weight is 270 g/mol. The highest BCUT2D eigenvalue weighted by Gasteiger charge is 2.26. The standard InChI is InChI=1S/C12H18N2O5/c1-7(15)10(11(16)17)13-12(18)14(3)6-9-4-5-19-8(9)2/h4-5,7,10,15H,6H2,1-3H3,(H,13,18)(H,16,17)/t7-,10+/m1/s1. The van der Waals surface area contributed by atoms with E-state index >= 15 is 0 Å². The molecule has 1 rings (SSSR count). The molecule has 0 aliphatic heterocycles. The van der Waals surface area contributed by atoms with Gasteiger partial charge in [0.1, 0.15) is 5.76 Å². The zero-order valence-corrected chi connectivity index (χ0v) is 11.1. The third kappa shape index (κ3) is 3.99. The van der Waals surface area contributed by atoms with E-state index in [4.69, 9.17) is 9.52 Å². The van der Waals surface area contributed by atoms with Gasteiger partial charge >= 0.3 is 12.0 Å². The molecule has 0 aliphatic rings. The van der Waals surface area contributed by atoms with Crippen LogP contribution in [0, 0.1) is 6.92 Å². The fourth-order valence-corrected chi connectivity index (χ4v) is 1.53. The maximum atomic E-state index is 11.8. The van der Waals surface area contributed by atoms with Crippen molar-refractivity contribution in [3.63, 3.8) is 0 Å². The Morgan fingerprint density at radius 3 is 2.58 bits per heavy atom. The number of amides is 2. The number of aliphatic hydroxyl groups is 1. The molecule has 0 saturated carbocycles. The van der Waals surface area contributed by atoms with Gasteiger partial charge in [-0.15, -0.1) is 0 Å². The lowest BCUT2D eigenvalue weighted by molar-refractivity contribution is -0.141. The first kappa shape index (κ1) is 15.0. The van der Waals surface area contributed by atoms with Crippen molar-refractivity contribution in [3.8, 4) is 0 Å². The van der Waals surface area contributed by atoms with E-state index in [9.17, 15) is 14.7 Å². The minimum Gasteiger partial charge on any atom is -0.480 e. The summed E-state index contributed by atoms with van der Waals surface area (Å²) < 4.78 is 5.11. The summed E-state index contributed by atoms with van der Waals surface area (Å²) in [5.41, 5.74) is 0.835. The van der Waals surface area contributed by atoms with Gasteiger partial charge in [-0.05, 0) is 19.9 Å². The van der Waals surface area contributed by atoms with Gasteiger partial charge in [0.05, 0.1) is 18.9 Å². The van der Waals surface area contributed by atoms with Gasteiger partial charge in [0.15, 0.2) is 6.04 Å². The first-order valence-corrected chi connectivity index (χ1v) is 5.78. The van der Waals surface area contributed by atoms with Gasteiger partial charge in [0.25, 0.3) is 0 Å². The van der Waals surface area contributed by atoms with Gasteiger partial charge < -0.3 is 24.8 Å². The Kier molecular flexibility index (Phi) is 4.94. The molecule has 106 valence electrons. The molecular formula is C12H18N2O5. The fraction of sp³-hybridized carbons (Fsp3) is 0.500. The number of nitrogens with one attached hydrogen (secondary N) is 1. The van der Waals surface area contributed by atoms with Crippen LogP contribution in [-0.4, -0.2) is 46.3 Å². The van der Waals surface area contributed by atoms with Crippen molar-refractivity contribution in [2.45, 2.75) is 32.5 Å². The Morgan fingerprint density at radius 2 is 2.16 bits per heavy atom. The summed E-state index contributed by atoms with van der Waals surface area (Å²) in [5, 5.41) is 20.4. The molecule has 3 N–H and O–H groups in total. The average Bonchev–Trinajstić information content (AvgIpc) is 2.70. The Hall–Kier alpha value is -2.02. The first-order chi connectivity index (χ1) is 8.82. The fourth-order valence-electron chi connectivity index (χ4n) is 1.53. The molecule has 19 heavy (non-hydrogen) atoms. The molecule has 0 saturated heterocycles. The van der Waals surface area contributed by atoms with Crippen LogP contribution in [0.1, 0.15) is 18.2 Å². The van der Waals surface area contributed by atoms with Crippen molar-refractivity contribution in [2.24, 2.45) is 0 Å². The molecule has 2 amide bonds. The summed E-state index contributed by atoms with van der Waals surface area (Å²) in [4.78, 5) is 24.0. The van der Waals surface area contributed by atoms with Crippen molar-refractivity contribution < 1.29 is 24.2 Å². The smallest absolute Gasteiger partial charge is 0.328 e. The molecule has 1 heterocycles. The van der Waals surface area contributed by atoms with E-state index in [2.05, 4.69) is 5.32 Å². The number of rotatable bonds is 5. The van der Waals surface area contributed by atoms with Crippen LogP contribution >= 0.6 is 0 Å². The number of hydrogen-bond acceptors (Lipinski definition) is 4. The highest BCUT2D eigenvalue weighted by molar-refractivity contribution is 5.82. The van der Waals surface area contributed by atoms with Crippen LogP contribution in [0.15, 0.2) is 16.7 Å². The third-order valence-corrected chi connectivity index (χ3v) is 2.75. The lowest BCUT2D eigenvalue weighted by Crippen LogP contribution is -2.51. The summed E-state index contributed by atoms with van der Waals surface area (Å²) in [7, 11) is 1.53. The number of carbonyl (C=O) groups is 2. The minimum absolute atomic E-state index is 0.292. The van der Waals surface area contributed by atoms with Crippen LogP contribution in [0.5, 0.6) is 0 Å². The second kappa shape index (κ2) is 6.24. The first-order valence-electron chi connectivity index (χ1n) is 5.78. The normalized spacial score (nSPS) is 13.7. The Balaban J connectivity index is 2.62. The summed E-state index contributed by atoms with van der Waals surface area (Å²) in [6, 6.07) is -0.170. The van der Waals surface area contributed by atoms with Gasteiger partial charge in [-0.1, -0.05) is 0 Å². The lowest BCUT2D eigenvalue weighted by Gasteiger charge is -2.22. The number of hydrogen-bond donors (Lipinski definition) is 3. The second-order valence-corrected chi connectivity index (χ2v) is 4.36. The van der Waals surface area contributed by atoms with Crippen molar-refractivity contribution in [1.29, 1.82) is 0 Å². The second-order valence-electron chi connectivity index (χ2n) is 4.36. The number of aryl methyl sites for hydroxylation is 1. The Labute approximate surface area is 110 Å². The predicted octanol–water partition coefficient (Wildman–Crippen LogP) is 0.563. The summed E-state index contributed by atoms with van der Waals surface area (Å²) in [6.07, 6.45) is 0.345. The highest BCUT2D eigenvalue weighted by atomic mass is 16.4. The topological polar surface area (TPSA) is 103 Å². The maximum Gasteiger partial charge on any atom is 0.328 e. The molecule has 0 unspecified atom stereocenters. The SMILES string of the molecule is Cc1occc1CN(C)C(=O)N[C@H](C(=O)O)[C@@H](C)O. The number of aliphatic hydroxyl groups excluding tert-OH is 1. The predicted molar refractivity (Wildman–Crippen MR) is 66.5 cm³/mol. The molecule has 7 nitrogen and oxygen atoms in total. The van der Waals surface area contributed by atoms with Crippen LogP contribution in [0.25, 0.3) is 0 Å². The quantitative estimate of drug-likeness (QED) is 0.725. The van der Waals surface area contributed by atoms with Crippen LogP contribution in [0.2, 0.25) is 0 Å². The number of carboxylic acid groups (broad SMARTS) is 1. The van der Waals surface area contributed by atoms with Crippen molar-refractivity contribution in [2.75, 3.05) is 7.05 Å². The number of aliphatic carboxylic acids is 1. The van der Waals surface area contributed by atoms with E-state index < -0.39 is 24.1 Å². The summed E-state index contributed by atoms with van der Waals surface area (Å²) in [6.45, 7) is 3.37. The van der Waals surface area contributed by atoms with E-state index in [1.807, 2.05) is 0 Å². The number of carboxylic acids is 1. The van der Waals surface area contributed by atoms with Crippen molar-refractivity contribution >= 4 is 12.0 Å². The van der Waals surface area contributed by atoms with Gasteiger partial charge in [-0.2, -0.15) is 0 Å². The maximum absolute atomic E-state index is 11.8. The third-order valence-electron chi connectivity index (χ3n) is 2.75. The van der Waals surface area contributed by atoms with Crippen molar-refractivity contribution in [3.05, 3.63) is 23.7 Å².